The van der Waals surface area contributed by atoms with Gasteiger partial charge in [0, 0.05) is 17.4 Å². The summed E-state index contributed by atoms with van der Waals surface area (Å²) in [7, 11) is 0. The number of nitrogens with zero attached hydrogens (tertiary/aromatic N) is 1. The average molecular weight is 329 g/mol. The zero-order valence-electron chi connectivity index (χ0n) is 10.7. The monoisotopic (exact) mass is 328 g/mol. The third-order valence-corrected chi connectivity index (χ3v) is 4.37. The van der Waals surface area contributed by atoms with Gasteiger partial charge in [-0.3, -0.25) is 9.69 Å². The van der Waals surface area contributed by atoms with Crippen LogP contribution in [0.3, 0.4) is 0 Å². The van der Waals surface area contributed by atoms with Crippen LogP contribution >= 0.6 is 15.9 Å². The Morgan fingerprint density at radius 2 is 2.11 bits per heavy atom. The average Bonchev–Trinajstić information content (AvgIpc) is 2.35. The topological polar surface area (TPSA) is 46.3 Å². The molecule has 1 aliphatic rings. The first kappa shape index (κ1) is 14.5. The van der Waals surface area contributed by atoms with Crippen molar-refractivity contribution in [1.29, 1.82) is 0 Å². The fourth-order valence-corrected chi connectivity index (χ4v) is 2.91. The Labute approximate surface area is 121 Å². The van der Waals surface area contributed by atoms with Crippen LogP contribution in [0, 0.1) is 11.7 Å². The summed E-state index contributed by atoms with van der Waals surface area (Å²) in [5, 5.41) is 0. The van der Waals surface area contributed by atoms with E-state index in [9.17, 15) is 9.18 Å². The largest absolute Gasteiger partial charge is 0.370 e. The standard InChI is InChI=1S/C14H18BrFN2O/c15-13-2-1-12(16)8-11(13)9-18-5-3-10(4-6-18)7-14(17)19/h1-2,8,10H,3-7,9H2,(H2,17,19). The number of primary amides is 1. The molecule has 0 radical (unpaired) electrons. The molecule has 1 saturated heterocycles. The van der Waals surface area contributed by atoms with Crippen molar-refractivity contribution in [2.75, 3.05) is 13.1 Å². The number of nitrogens with two attached hydrogens (primary N) is 1. The number of hydrogen-bond donors (Lipinski definition) is 1. The molecule has 104 valence electrons. The lowest BCUT2D eigenvalue weighted by atomic mass is 9.93. The van der Waals surface area contributed by atoms with Crippen LogP contribution in [0.4, 0.5) is 4.39 Å². The smallest absolute Gasteiger partial charge is 0.217 e. The first-order valence-electron chi connectivity index (χ1n) is 6.49. The Kier molecular flexibility index (Phi) is 4.93. The van der Waals surface area contributed by atoms with Gasteiger partial charge >= 0.3 is 0 Å². The summed E-state index contributed by atoms with van der Waals surface area (Å²) in [6, 6.07) is 4.76. The van der Waals surface area contributed by atoms with Gasteiger partial charge in [0.05, 0.1) is 0 Å². The van der Waals surface area contributed by atoms with Gasteiger partial charge in [-0.1, -0.05) is 15.9 Å². The second-order valence-corrected chi connectivity index (χ2v) is 5.98. The molecule has 0 unspecified atom stereocenters. The van der Waals surface area contributed by atoms with E-state index >= 15 is 0 Å². The van der Waals surface area contributed by atoms with Gasteiger partial charge in [-0.2, -0.15) is 0 Å². The lowest BCUT2D eigenvalue weighted by Crippen LogP contribution is -2.34. The van der Waals surface area contributed by atoms with Crippen LogP contribution in [0.1, 0.15) is 24.8 Å². The highest BCUT2D eigenvalue weighted by Gasteiger charge is 2.21. The fraction of sp³-hybridized carbons (Fsp3) is 0.500. The van der Waals surface area contributed by atoms with E-state index < -0.39 is 0 Å². The maximum Gasteiger partial charge on any atom is 0.217 e. The molecule has 1 aliphatic heterocycles. The second-order valence-electron chi connectivity index (χ2n) is 5.13. The SMILES string of the molecule is NC(=O)CC1CCN(Cc2cc(F)ccc2Br)CC1. The molecule has 1 heterocycles. The Morgan fingerprint density at radius 1 is 1.42 bits per heavy atom. The van der Waals surface area contributed by atoms with Crippen LogP contribution in [0.25, 0.3) is 0 Å². The third kappa shape index (κ3) is 4.28. The van der Waals surface area contributed by atoms with Crippen LogP contribution in [0.2, 0.25) is 0 Å². The molecule has 0 saturated carbocycles. The number of halogens is 2. The molecule has 2 N–H and O–H groups in total. The van der Waals surface area contributed by atoms with Crippen molar-refractivity contribution in [2.45, 2.75) is 25.8 Å². The quantitative estimate of drug-likeness (QED) is 0.923. The molecule has 0 aliphatic carbocycles. The molecule has 3 nitrogen and oxygen atoms in total. The highest BCUT2D eigenvalue weighted by atomic mass is 79.9. The highest BCUT2D eigenvalue weighted by Crippen LogP contribution is 2.24. The maximum atomic E-state index is 13.2. The first-order valence-corrected chi connectivity index (χ1v) is 7.28. The Hall–Kier alpha value is -0.940. The molecule has 1 fully saturated rings. The minimum Gasteiger partial charge on any atom is -0.370 e. The van der Waals surface area contributed by atoms with E-state index in [0.717, 1.165) is 42.5 Å². The molecule has 0 bridgehead atoms. The van der Waals surface area contributed by atoms with Crippen LogP contribution in [-0.4, -0.2) is 23.9 Å². The summed E-state index contributed by atoms with van der Waals surface area (Å²) in [5.41, 5.74) is 6.18. The number of carbonyl (C=O) groups is 1. The normalized spacial score (nSPS) is 17.6. The number of hydrogen-bond acceptors (Lipinski definition) is 2. The van der Waals surface area contributed by atoms with Crippen LogP contribution in [0.15, 0.2) is 22.7 Å². The van der Waals surface area contributed by atoms with E-state index in [0.29, 0.717) is 12.3 Å². The molecule has 1 aromatic rings. The molecule has 0 aromatic heterocycles. The Morgan fingerprint density at radius 3 is 2.74 bits per heavy atom. The van der Waals surface area contributed by atoms with Crippen molar-refractivity contribution >= 4 is 21.8 Å². The predicted octanol–water partition coefficient (Wildman–Crippen LogP) is 2.68. The minimum absolute atomic E-state index is 0.207. The van der Waals surface area contributed by atoms with E-state index in [1.165, 1.54) is 6.07 Å². The Bertz CT molecular complexity index is 459. The minimum atomic E-state index is -0.216. The van der Waals surface area contributed by atoms with Gasteiger partial charge in [0.1, 0.15) is 5.82 Å². The summed E-state index contributed by atoms with van der Waals surface area (Å²) in [5.74, 6) is -0.0159. The number of benzene rings is 1. The van der Waals surface area contributed by atoms with Crippen LogP contribution in [0.5, 0.6) is 0 Å². The van der Waals surface area contributed by atoms with Gasteiger partial charge in [0.2, 0.25) is 5.91 Å². The zero-order chi connectivity index (χ0) is 13.8. The summed E-state index contributed by atoms with van der Waals surface area (Å²) < 4.78 is 14.2. The molecule has 5 heteroatoms. The van der Waals surface area contributed by atoms with Crippen molar-refractivity contribution in [3.63, 3.8) is 0 Å². The second kappa shape index (κ2) is 6.48. The van der Waals surface area contributed by atoms with Gasteiger partial charge in [0.15, 0.2) is 0 Å². The lowest BCUT2D eigenvalue weighted by molar-refractivity contribution is -0.119. The van der Waals surface area contributed by atoms with Crippen molar-refractivity contribution in [3.05, 3.63) is 34.1 Å². The number of rotatable bonds is 4. The number of carbonyl (C=O) groups excluding carboxylic acids is 1. The summed E-state index contributed by atoms with van der Waals surface area (Å²) in [6.45, 7) is 2.60. The molecule has 1 aromatic carbocycles. The number of piperidine rings is 1. The molecule has 2 rings (SSSR count). The molecular formula is C14H18BrFN2O. The van der Waals surface area contributed by atoms with Gasteiger partial charge in [-0.25, -0.2) is 4.39 Å². The predicted molar refractivity (Wildman–Crippen MR) is 75.9 cm³/mol. The van der Waals surface area contributed by atoms with E-state index in [4.69, 9.17) is 5.73 Å². The fourth-order valence-electron chi connectivity index (χ4n) is 2.54. The van der Waals surface area contributed by atoms with Crippen molar-refractivity contribution in [3.8, 4) is 0 Å². The third-order valence-electron chi connectivity index (χ3n) is 3.60. The number of likely N-dealkylation sites (tertiary alicyclic amines) is 1. The van der Waals surface area contributed by atoms with Crippen LogP contribution < -0.4 is 5.73 Å². The van der Waals surface area contributed by atoms with Crippen molar-refractivity contribution < 1.29 is 9.18 Å². The molecule has 0 atom stereocenters. The van der Waals surface area contributed by atoms with Gasteiger partial charge in [-0.15, -0.1) is 0 Å². The van der Waals surface area contributed by atoms with Gasteiger partial charge in [0.25, 0.3) is 0 Å². The van der Waals surface area contributed by atoms with E-state index in [1.807, 2.05) is 0 Å². The number of amides is 1. The van der Waals surface area contributed by atoms with E-state index in [-0.39, 0.29) is 11.7 Å². The summed E-state index contributed by atoms with van der Waals surface area (Å²) in [6.07, 6.45) is 2.45. The van der Waals surface area contributed by atoms with Gasteiger partial charge < -0.3 is 5.73 Å². The van der Waals surface area contributed by atoms with E-state index in [1.54, 1.807) is 12.1 Å². The maximum absolute atomic E-state index is 13.2. The molecule has 19 heavy (non-hydrogen) atoms. The highest BCUT2D eigenvalue weighted by molar-refractivity contribution is 9.10. The van der Waals surface area contributed by atoms with Gasteiger partial charge in [-0.05, 0) is 55.6 Å². The van der Waals surface area contributed by atoms with Crippen molar-refractivity contribution in [2.24, 2.45) is 11.7 Å². The molecule has 0 spiro atoms. The molecular weight excluding hydrogens is 311 g/mol. The van der Waals surface area contributed by atoms with E-state index in [2.05, 4.69) is 20.8 Å². The first-order chi connectivity index (χ1) is 9.04. The Balaban J connectivity index is 1.88. The van der Waals surface area contributed by atoms with Crippen LogP contribution in [-0.2, 0) is 11.3 Å². The summed E-state index contributed by atoms with van der Waals surface area (Å²) in [4.78, 5) is 13.2. The molecule has 1 amide bonds. The summed E-state index contributed by atoms with van der Waals surface area (Å²) >= 11 is 3.45. The zero-order valence-corrected chi connectivity index (χ0v) is 12.3. The lowest BCUT2D eigenvalue weighted by Gasteiger charge is -2.31. The van der Waals surface area contributed by atoms with Crippen molar-refractivity contribution in [1.82, 2.24) is 4.90 Å².